The maximum atomic E-state index is 13.2. The predicted molar refractivity (Wildman–Crippen MR) is 282 cm³/mol. The van der Waals surface area contributed by atoms with E-state index in [0.717, 1.165) is 70.0 Å². The summed E-state index contributed by atoms with van der Waals surface area (Å²) in [6.45, 7) is 20.4. The number of nitriles is 2. The first kappa shape index (κ1) is 58.8. The number of carbonyl (C=O) groups is 4. The number of rotatable bonds is 21. The number of carboxylic acid groups (broad SMARTS) is 1. The van der Waals surface area contributed by atoms with Gasteiger partial charge in [0.2, 0.25) is 11.8 Å². The third-order valence-electron chi connectivity index (χ3n) is 11.1. The van der Waals surface area contributed by atoms with Gasteiger partial charge in [0, 0.05) is 31.3 Å². The number of hydrogen-bond donors (Lipinski definition) is 1. The highest BCUT2D eigenvalue weighted by atomic mass is 79.9. The number of allylic oxidation sites excluding steroid dienone is 3. The van der Waals surface area contributed by atoms with Gasteiger partial charge in [-0.25, -0.2) is 9.59 Å². The molecule has 0 radical (unpaired) electrons. The molecule has 0 saturated carbocycles. The van der Waals surface area contributed by atoms with E-state index in [0.29, 0.717) is 30.5 Å². The van der Waals surface area contributed by atoms with Crippen molar-refractivity contribution in [2.75, 3.05) is 11.9 Å². The molecule has 4 rings (SSSR count). The van der Waals surface area contributed by atoms with Crippen LogP contribution < -0.4 is 0 Å². The van der Waals surface area contributed by atoms with Crippen LogP contribution in [0.25, 0.3) is 22.3 Å². The fourth-order valence-corrected chi connectivity index (χ4v) is 7.98. The number of esters is 1. The SMILES string of the molecule is CC(C)=CCBr.CCCCC(=O)N(Cc1ccc(-c2ccccc2C#N)cc1)[C@H](C(=O)O)C(C)C.CCCCC(=O)N(Cc1ccc(-c2ccccc2C#N)cc1)[C@H](C(=O)OCC=C(C)C)C(C)C. The summed E-state index contributed by atoms with van der Waals surface area (Å²) in [5.74, 6) is -1.82. The van der Waals surface area contributed by atoms with Crippen molar-refractivity contribution in [3.8, 4) is 34.4 Å². The molecule has 11 heteroatoms. The van der Waals surface area contributed by atoms with Crippen molar-refractivity contribution in [1.82, 2.24) is 9.80 Å². The summed E-state index contributed by atoms with van der Waals surface area (Å²) in [6, 6.07) is 33.2. The Morgan fingerprint density at radius 2 is 1.01 bits per heavy atom. The molecular formula is C58H73BrN4O6. The number of ether oxygens (including phenoxy) is 1. The van der Waals surface area contributed by atoms with Crippen LogP contribution in [0.1, 0.15) is 130 Å². The average Bonchev–Trinajstić information content (AvgIpc) is 3.32. The Balaban J connectivity index is 0.000000427. The minimum absolute atomic E-state index is 0.0429. The summed E-state index contributed by atoms with van der Waals surface area (Å²) in [5.41, 5.74) is 9.01. The normalized spacial score (nSPS) is 11.2. The lowest BCUT2D eigenvalue weighted by Gasteiger charge is -2.33. The molecule has 2 amide bonds. The van der Waals surface area contributed by atoms with E-state index in [-0.39, 0.29) is 42.8 Å². The van der Waals surface area contributed by atoms with E-state index < -0.39 is 18.1 Å². The number of hydrogen-bond acceptors (Lipinski definition) is 7. The number of benzene rings is 4. The molecule has 0 heterocycles. The van der Waals surface area contributed by atoms with Gasteiger partial charge in [0.05, 0.1) is 23.3 Å². The smallest absolute Gasteiger partial charge is 0.329 e. The number of carboxylic acids is 1. The number of aliphatic carboxylic acids is 1. The molecule has 0 aliphatic heterocycles. The van der Waals surface area contributed by atoms with Gasteiger partial charge < -0.3 is 19.6 Å². The van der Waals surface area contributed by atoms with Crippen LogP contribution in [0.2, 0.25) is 0 Å². The summed E-state index contributed by atoms with van der Waals surface area (Å²) in [4.78, 5) is 53.9. The Bertz CT molecular complexity index is 2380. The molecule has 0 saturated heterocycles. The van der Waals surface area contributed by atoms with Crippen LogP contribution in [0.15, 0.2) is 120 Å². The number of halogens is 1. The molecule has 4 aromatic rings. The van der Waals surface area contributed by atoms with E-state index in [4.69, 9.17) is 4.74 Å². The summed E-state index contributed by atoms with van der Waals surface area (Å²) in [7, 11) is 0. The van der Waals surface area contributed by atoms with Gasteiger partial charge in [-0.2, -0.15) is 10.5 Å². The zero-order valence-electron chi connectivity index (χ0n) is 42.4. The molecule has 0 bridgehead atoms. The van der Waals surface area contributed by atoms with Gasteiger partial charge in [-0.3, -0.25) is 9.59 Å². The van der Waals surface area contributed by atoms with E-state index in [1.165, 1.54) is 10.5 Å². The second kappa shape index (κ2) is 31.7. The average molecular weight is 1000 g/mol. The zero-order chi connectivity index (χ0) is 51.5. The summed E-state index contributed by atoms with van der Waals surface area (Å²) in [5, 5.41) is 29.4. The van der Waals surface area contributed by atoms with Crippen molar-refractivity contribution in [1.29, 1.82) is 10.5 Å². The van der Waals surface area contributed by atoms with Crippen molar-refractivity contribution in [3.63, 3.8) is 0 Å². The Hall–Kier alpha value is -6.30. The first-order valence-corrected chi connectivity index (χ1v) is 25.0. The number of carbonyl (C=O) groups excluding carboxylic acids is 3. The number of nitrogens with zero attached hydrogens (tertiary/aromatic N) is 4. The Labute approximate surface area is 420 Å². The molecule has 1 N–H and O–H groups in total. The lowest BCUT2D eigenvalue weighted by molar-refractivity contribution is -0.157. The number of alkyl halides is 1. The zero-order valence-corrected chi connectivity index (χ0v) is 44.0. The van der Waals surface area contributed by atoms with Gasteiger partial charge in [-0.05, 0) is 104 Å². The summed E-state index contributed by atoms with van der Waals surface area (Å²) in [6.07, 6.45) is 8.03. The minimum Gasteiger partial charge on any atom is -0.480 e. The van der Waals surface area contributed by atoms with Crippen molar-refractivity contribution >= 4 is 39.7 Å². The van der Waals surface area contributed by atoms with Crippen molar-refractivity contribution in [2.45, 2.75) is 133 Å². The van der Waals surface area contributed by atoms with Crippen LogP contribution in [0.5, 0.6) is 0 Å². The fraction of sp³-hybridized carbons (Fsp3) is 0.414. The van der Waals surface area contributed by atoms with Crippen LogP contribution in [0.3, 0.4) is 0 Å². The van der Waals surface area contributed by atoms with E-state index in [9.17, 15) is 34.8 Å². The van der Waals surface area contributed by atoms with Gasteiger partial charge in [0.25, 0.3) is 0 Å². The molecule has 69 heavy (non-hydrogen) atoms. The number of amides is 2. The Kier molecular flexibility index (Phi) is 27.0. The maximum Gasteiger partial charge on any atom is 0.329 e. The van der Waals surface area contributed by atoms with Crippen molar-refractivity contribution in [3.05, 3.63) is 143 Å². The van der Waals surface area contributed by atoms with Crippen LogP contribution in [0.4, 0.5) is 0 Å². The Morgan fingerprint density at radius 3 is 1.33 bits per heavy atom. The van der Waals surface area contributed by atoms with Gasteiger partial charge in [-0.1, -0.05) is 172 Å². The van der Waals surface area contributed by atoms with Crippen molar-refractivity contribution < 1.29 is 29.0 Å². The van der Waals surface area contributed by atoms with Gasteiger partial charge in [-0.15, -0.1) is 0 Å². The molecule has 0 aromatic heterocycles. The van der Waals surface area contributed by atoms with Gasteiger partial charge in [0.1, 0.15) is 18.7 Å². The summed E-state index contributed by atoms with van der Waals surface area (Å²) < 4.78 is 5.51. The standard InChI is InChI=1S/C29H36N2O3.C24H28N2O3.C5H9Br/c1-6-7-12-27(32)31(28(22(4)5)29(33)34-18-17-21(2)3)20-23-13-15-24(16-14-23)26-11-9-8-10-25(26)19-30;1-4-5-10-22(27)26(23(17(2)3)24(28)29)16-18-11-13-19(14-12-18)21-9-7-6-8-20(21)15-25;1-5(2)3-4-6/h8-11,13-17,22,28H,6-7,12,18,20H2,1-5H3;6-9,11-14,17,23H,4-5,10,16H2,1-3H3,(H,28,29);3H,4H2,1-2H3/t28-;23-;/m00./s1. The third kappa shape index (κ3) is 20.1. The van der Waals surface area contributed by atoms with Gasteiger partial charge in [0.15, 0.2) is 0 Å². The molecule has 4 aromatic carbocycles. The molecular weight excluding hydrogens is 929 g/mol. The monoisotopic (exact) mass is 1000 g/mol. The molecule has 10 nitrogen and oxygen atoms in total. The molecule has 0 unspecified atom stereocenters. The second-order valence-electron chi connectivity index (χ2n) is 18.0. The lowest BCUT2D eigenvalue weighted by atomic mass is 9.98. The van der Waals surface area contributed by atoms with E-state index in [1.807, 2.05) is 146 Å². The molecule has 0 spiro atoms. The lowest BCUT2D eigenvalue weighted by Crippen LogP contribution is -2.48. The van der Waals surface area contributed by atoms with Crippen LogP contribution in [0, 0.1) is 34.5 Å². The highest BCUT2D eigenvalue weighted by molar-refractivity contribution is 9.09. The van der Waals surface area contributed by atoms with Gasteiger partial charge >= 0.3 is 11.9 Å². The van der Waals surface area contributed by atoms with E-state index >= 15 is 0 Å². The van der Waals surface area contributed by atoms with Crippen LogP contribution in [-0.4, -0.2) is 62.7 Å². The highest BCUT2D eigenvalue weighted by Crippen LogP contribution is 2.27. The van der Waals surface area contributed by atoms with E-state index in [2.05, 4.69) is 48.0 Å². The predicted octanol–water partition coefficient (Wildman–Crippen LogP) is 13.5. The molecule has 0 aliphatic carbocycles. The molecule has 0 fully saturated rings. The third-order valence-corrected chi connectivity index (χ3v) is 11.4. The fourth-order valence-electron chi connectivity index (χ4n) is 7.33. The second-order valence-corrected chi connectivity index (χ2v) is 18.7. The quantitative estimate of drug-likeness (QED) is 0.0492. The topological polar surface area (TPSA) is 152 Å². The van der Waals surface area contributed by atoms with E-state index in [1.54, 1.807) is 17.0 Å². The maximum absolute atomic E-state index is 13.2. The highest BCUT2D eigenvalue weighted by Gasteiger charge is 2.34. The molecule has 0 aliphatic rings. The van der Waals surface area contributed by atoms with Crippen molar-refractivity contribution in [2.24, 2.45) is 11.8 Å². The number of unbranched alkanes of at least 4 members (excludes halogenated alkanes) is 2. The van der Waals surface area contributed by atoms with Crippen LogP contribution in [-0.2, 0) is 37.0 Å². The first-order valence-electron chi connectivity index (χ1n) is 23.9. The first-order chi connectivity index (χ1) is 32.9. The molecule has 368 valence electrons. The Morgan fingerprint density at radius 1 is 0.623 bits per heavy atom. The summed E-state index contributed by atoms with van der Waals surface area (Å²) >= 11 is 3.27. The molecule has 2 atom stereocenters. The van der Waals surface area contributed by atoms with Crippen LogP contribution >= 0.6 is 15.9 Å². The largest absolute Gasteiger partial charge is 0.480 e. The minimum atomic E-state index is -0.982.